The number of nitrogens with one attached hydrogen (secondary N) is 1. The fourth-order valence-corrected chi connectivity index (χ4v) is 1.12. The van der Waals surface area contributed by atoms with Gasteiger partial charge >= 0.3 is 0 Å². The van der Waals surface area contributed by atoms with Gasteiger partial charge in [-0.3, -0.25) is 0 Å². The maximum absolute atomic E-state index is 3.91. The minimum atomic E-state index is 0.977. The molecule has 0 radical (unpaired) electrons. The molecule has 0 spiro atoms. The number of hydrogen-bond donors (Lipinski definition) is 1. The van der Waals surface area contributed by atoms with Gasteiger partial charge in [-0.05, 0) is 23.6 Å². The molecule has 0 aliphatic heterocycles. The van der Waals surface area contributed by atoms with Crippen LogP contribution in [-0.2, 0) is 6.42 Å². The highest BCUT2D eigenvalue weighted by atomic mass is 14.8. The molecule has 0 saturated carbocycles. The SMILES string of the molecule is C=C(NC)c1cccc(CC)c1. The van der Waals surface area contributed by atoms with Crippen molar-refractivity contribution in [1.29, 1.82) is 0 Å². The highest BCUT2D eigenvalue weighted by Gasteiger charge is 1.95. The Bertz CT molecular complexity index is 276. The zero-order chi connectivity index (χ0) is 8.97. The van der Waals surface area contributed by atoms with E-state index in [4.69, 9.17) is 0 Å². The van der Waals surface area contributed by atoms with Gasteiger partial charge in [-0.25, -0.2) is 0 Å². The topological polar surface area (TPSA) is 12.0 Å². The summed E-state index contributed by atoms with van der Waals surface area (Å²) in [6.07, 6.45) is 1.07. The first-order valence-corrected chi connectivity index (χ1v) is 4.24. The Labute approximate surface area is 74.1 Å². The standard InChI is InChI=1S/C11H15N/c1-4-10-6-5-7-11(8-10)9(2)12-3/h5-8,12H,2,4H2,1,3H3. The summed E-state index contributed by atoms with van der Waals surface area (Å²) in [6, 6.07) is 8.43. The molecule has 0 amide bonds. The fraction of sp³-hybridized carbons (Fsp3) is 0.273. The van der Waals surface area contributed by atoms with Crippen molar-refractivity contribution >= 4 is 5.70 Å². The summed E-state index contributed by atoms with van der Waals surface area (Å²) in [6.45, 7) is 6.06. The molecule has 0 aliphatic carbocycles. The quantitative estimate of drug-likeness (QED) is 0.718. The van der Waals surface area contributed by atoms with E-state index in [2.05, 4.69) is 43.1 Å². The third-order valence-corrected chi connectivity index (χ3v) is 1.99. The van der Waals surface area contributed by atoms with Gasteiger partial charge in [0.25, 0.3) is 0 Å². The van der Waals surface area contributed by atoms with Crippen molar-refractivity contribution in [3.8, 4) is 0 Å². The lowest BCUT2D eigenvalue weighted by molar-refractivity contribution is 1.11. The summed E-state index contributed by atoms with van der Waals surface area (Å²) in [5, 5.41) is 3.04. The maximum atomic E-state index is 3.91. The molecular weight excluding hydrogens is 146 g/mol. The first-order valence-electron chi connectivity index (χ1n) is 4.24. The number of benzene rings is 1. The van der Waals surface area contributed by atoms with Gasteiger partial charge in [-0.15, -0.1) is 0 Å². The predicted octanol–water partition coefficient (Wildman–Crippen LogP) is 2.44. The van der Waals surface area contributed by atoms with Gasteiger partial charge < -0.3 is 5.32 Å². The molecule has 64 valence electrons. The van der Waals surface area contributed by atoms with Crippen LogP contribution < -0.4 is 5.32 Å². The van der Waals surface area contributed by atoms with E-state index in [1.54, 1.807) is 0 Å². The van der Waals surface area contributed by atoms with Crippen molar-refractivity contribution in [2.24, 2.45) is 0 Å². The third kappa shape index (κ3) is 1.88. The molecule has 0 atom stereocenters. The molecule has 0 aliphatic rings. The summed E-state index contributed by atoms with van der Waals surface area (Å²) in [5.74, 6) is 0. The van der Waals surface area contributed by atoms with Crippen LogP contribution in [0.3, 0.4) is 0 Å². The Morgan fingerprint density at radius 3 is 2.83 bits per heavy atom. The molecule has 1 N–H and O–H groups in total. The minimum absolute atomic E-state index is 0.977. The first kappa shape index (κ1) is 8.85. The summed E-state index contributed by atoms with van der Waals surface area (Å²) in [4.78, 5) is 0. The van der Waals surface area contributed by atoms with Gasteiger partial charge in [0, 0.05) is 12.7 Å². The summed E-state index contributed by atoms with van der Waals surface area (Å²) in [5.41, 5.74) is 3.51. The van der Waals surface area contributed by atoms with E-state index in [-0.39, 0.29) is 0 Å². The second-order valence-electron chi connectivity index (χ2n) is 2.78. The Morgan fingerprint density at radius 1 is 1.50 bits per heavy atom. The molecule has 0 unspecified atom stereocenters. The summed E-state index contributed by atoms with van der Waals surface area (Å²) < 4.78 is 0. The molecule has 12 heavy (non-hydrogen) atoms. The molecule has 1 rings (SSSR count). The lowest BCUT2D eigenvalue weighted by atomic mass is 10.1. The summed E-state index contributed by atoms with van der Waals surface area (Å²) >= 11 is 0. The molecule has 1 aromatic rings. The Balaban J connectivity index is 2.93. The van der Waals surface area contributed by atoms with Crippen molar-refractivity contribution in [3.63, 3.8) is 0 Å². The maximum Gasteiger partial charge on any atom is 0.0338 e. The van der Waals surface area contributed by atoms with Crippen LogP contribution in [-0.4, -0.2) is 7.05 Å². The van der Waals surface area contributed by atoms with E-state index in [1.807, 2.05) is 7.05 Å². The monoisotopic (exact) mass is 161 g/mol. The van der Waals surface area contributed by atoms with E-state index in [0.717, 1.165) is 12.1 Å². The smallest absolute Gasteiger partial charge is 0.0338 e. The van der Waals surface area contributed by atoms with Crippen LogP contribution in [0.1, 0.15) is 18.1 Å². The third-order valence-electron chi connectivity index (χ3n) is 1.99. The van der Waals surface area contributed by atoms with E-state index in [0.29, 0.717) is 0 Å². The van der Waals surface area contributed by atoms with Crippen molar-refractivity contribution in [3.05, 3.63) is 42.0 Å². The second kappa shape index (κ2) is 3.96. The highest BCUT2D eigenvalue weighted by molar-refractivity contribution is 5.61. The molecule has 0 saturated heterocycles. The van der Waals surface area contributed by atoms with Crippen molar-refractivity contribution in [2.75, 3.05) is 7.05 Å². The largest absolute Gasteiger partial charge is 0.388 e. The average molecular weight is 161 g/mol. The number of rotatable bonds is 3. The molecule has 0 fully saturated rings. The molecule has 0 heterocycles. The zero-order valence-electron chi connectivity index (χ0n) is 7.72. The average Bonchev–Trinajstić information content (AvgIpc) is 2.17. The van der Waals surface area contributed by atoms with Crippen molar-refractivity contribution < 1.29 is 0 Å². The van der Waals surface area contributed by atoms with E-state index < -0.39 is 0 Å². The molecular formula is C11H15N. The number of aryl methyl sites for hydroxylation is 1. The van der Waals surface area contributed by atoms with E-state index in [1.165, 1.54) is 11.1 Å². The molecule has 1 heteroatoms. The highest BCUT2D eigenvalue weighted by Crippen LogP contribution is 2.11. The second-order valence-corrected chi connectivity index (χ2v) is 2.78. The van der Waals surface area contributed by atoms with Crippen LogP contribution in [0.5, 0.6) is 0 Å². The van der Waals surface area contributed by atoms with Crippen LogP contribution in [0.25, 0.3) is 5.70 Å². The van der Waals surface area contributed by atoms with Crippen LogP contribution in [0.15, 0.2) is 30.8 Å². The lowest BCUT2D eigenvalue weighted by Crippen LogP contribution is -2.02. The van der Waals surface area contributed by atoms with Gasteiger partial charge in [-0.1, -0.05) is 31.7 Å². The molecule has 1 aromatic carbocycles. The number of hydrogen-bond acceptors (Lipinski definition) is 1. The van der Waals surface area contributed by atoms with Crippen LogP contribution >= 0.6 is 0 Å². The van der Waals surface area contributed by atoms with Gasteiger partial charge in [0.05, 0.1) is 0 Å². The van der Waals surface area contributed by atoms with Gasteiger partial charge in [0.2, 0.25) is 0 Å². The van der Waals surface area contributed by atoms with Crippen molar-refractivity contribution in [2.45, 2.75) is 13.3 Å². The van der Waals surface area contributed by atoms with Gasteiger partial charge in [0.1, 0.15) is 0 Å². The Hall–Kier alpha value is -1.24. The van der Waals surface area contributed by atoms with Gasteiger partial charge in [0.15, 0.2) is 0 Å². The predicted molar refractivity (Wildman–Crippen MR) is 53.9 cm³/mol. The fourth-order valence-electron chi connectivity index (χ4n) is 1.12. The normalized spacial score (nSPS) is 9.50. The van der Waals surface area contributed by atoms with E-state index >= 15 is 0 Å². The lowest BCUT2D eigenvalue weighted by Gasteiger charge is -2.05. The van der Waals surface area contributed by atoms with Gasteiger partial charge in [-0.2, -0.15) is 0 Å². The summed E-state index contributed by atoms with van der Waals surface area (Å²) in [7, 11) is 1.89. The minimum Gasteiger partial charge on any atom is -0.388 e. The molecule has 0 bridgehead atoms. The Morgan fingerprint density at radius 2 is 2.25 bits per heavy atom. The Kier molecular flexibility index (Phi) is 2.92. The zero-order valence-corrected chi connectivity index (χ0v) is 7.72. The van der Waals surface area contributed by atoms with E-state index in [9.17, 15) is 0 Å². The van der Waals surface area contributed by atoms with Crippen molar-refractivity contribution in [1.82, 2.24) is 5.32 Å². The molecule has 1 nitrogen and oxygen atoms in total. The first-order chi connectivity index (χ1) is 5.77. The van der Waals surface area contributed by atoms with Crippen LogP contribution in [0.2, 0.25) is 0 Å². The molecule has 0 aromatic heterocycles. The van der Waals surface area contributed by atoms with Crippen LogP contribution in [0, 0.1) is 0 Å². The van der Waals surface area contributed by atoms with Crippen LogP contribution in [0.4, 0.5) is 0 Å².